The molecule has 0 aliphatic carbocycles. The van der Waals surface area contributed by atoms with Crippen LogP contribution in [0.4, 0.5) is 5.69 Å². The highest BCUT2D eigenvalue weighted by Crippen LogP contribution is 2.27. The maximum Gasteiger partial charge on any atom is 0.243 e. The standard InChI is InChI=1S/C30H35Cl2N3O4S/c1-4-33-30(37)28(19-23-11-6-5-7-12-23)34(21-24-13-8-9-14-26(24)32)29(36)15-10-18-35(40(3,38)39)27-20-25(31)17-16-22(27)2/h5-9,11-14,16-17,20,28H,4,10,15,18-19,21H2,1-3H3,(H,33,37). The molecule has 1 unspecified atom stereocenters. The third kappa shape index (κ3) is 8.71. The molecule has 1 atom stereocenters. The predicted molar refractivity (Wildman–Crippen MR) is 162 cm³/mol. The van der Waals surface area contributed by atoms with E-state index in [9.17, 15) is 18.0 Å². The van der Waals surface area contributed by atoms with Crippen LogP contribution < -0.4 is 9.62 Å². The van der Waals surface area contributed by atoms with Crippen molar-refractivity contribution in [2.45, 2.75) is 45.7 Å². The minimum absolute atomic E-state index is 0.0286. The van der Waals surface area contributed by atoms with Gasteiger partial charge in [-0.2, -0.15) is 0 Å². The molecule has 0 saturated carbocycles. The van der Waals surface area contributed by atoms with Crippen LogP contribution in [0.2, 0.25) is 10.0 Å². The fraction of sp³-hybridized carbons (Fsp3) is 0.333. The molecule has 0 aromatic heterocycles. The molecule has 0 aliphatic rings. The van der Waals surface area contributed by atoms with Gasteiger partial charge in [0.25, 0.3) is 0 Å². The van der Waals surface area contributed by atoms with Crippen LogP contribution in [0.3, 0.4) is 0 Å². The van der Waals surface area contributed by atoms with Crippen LogP contribution in [0.1, 0.15) is 36.5 Å². The number of amides is 2. The molecule has 3 aromatic rings. The Hall–Kier alpha value is -3.07. The van der Waals surface area contributed by atoms with E-state index in [2.05, 4.69) is 5.32 Å². The second-order valence-corrected chi connectivity index (χ2v) is 12.3. The number of nitrogens with zero attached hydrogens (tertiary/aromatic N) is 2. The molecule has 40 heavy (non-hydrogen) atoms. The van der Waals surface area contributed by atoms with Crippen molar-refractivity contribution in [1.29, 1.82) is 0 Å². The van der Waals surface area contributed by atoms with Crippen molar-refractivity contribution in [2.75, 3.05) is 23.7 Å². The number of sulfonamides is 1. The number of nitrogens with one attached hydrogen (secondary N) is 1. The van der Waals surface area contributed by atoms with Gasteiger partial charge in [0.2, 0.25) is 21.8 Å². The molecule has 7 nitrogen and oxygen atoms in total. The summed E-state index contributed by atoms with van der Waals surface area (Å²) in [5, 5.41) is 3.78. The summed E-state index contributed by atoms with van der Waals surface area (Å²) in [5.74, 6) is -0.539. The van der Waals surface area contributed by atoms with Crippen LogP contribution in [0.25, 0.3) is 0 Å². The van der Waals surface area contributed by atoms with Gasteiger partial charge in [0.1, 0.15) is 6.04 Å². The van der Waals surface area contributed by atoms with Crippen LogP contribution in [-0.2, 0) is 32.6 Å². The average Bonchev–Trinajstić information content (AvgIpc) is 2.91. The molecule has 0 spiro atoms. The van der Waals surface area contributed by atoms with E-state index in [-0.39, 0.29) is 37.7 Å². The van der Waals surface area contributed by atoms with Gasteiger partial charge in [-0.15, -0.1) is 0 Å². The molecule has 2 amide bonds. The molecule has 0 heterocycles. The van der Waals surface area contributed by atoms with Crippen LogP contribution in [0.5, 0.6) is 0 Å². The predicted octanol–water partition coefficient (Wildman–Crippen LogP) is 5.62. The van der Waals surface area contributed by atoms with E-state index in [1.54, 1.807) is 42.2 Å². The Labute approximate surface area is 247 Å². The topological polar surface area (TPSA) is 86.8 Å². The quantitative estimate of drug-likeness (QED) is 0.274. The van der Waals surface area contributed by atoms with Crippen molar-refractivity contribution in [2.24, 2.45) is 0 Å². The second-order valence-electron chi connectivity index (χ2n) is 9.58. The fourth-order valence-electron chi connectivity index (χ4n) is 4.49. The maximum atomic E-state index is 13.8. The Bertz CT molecular complexity index is 1420. The van der Waals surface area contributed by atoms with Crippen molar-refractivity contribution < 1.29 is 18.0 Å². The largest absolute Gasteiger partial charge is 0.355 e. The maximum absolute atomic E-state index is 13.8. The zero-order valence-electron chi connectivity index (χ0n) is 22.9. The highest BCUT2D eigenvalue weighted by molar-refractivity contribution is 7.92. The summed E-state index contributed by atoms with van der Waals surface area (Å²) in [6, 6.07) is 21.0. The summed E-state index contributed by atoms with van der Waals surface area (Å²) in [5.41, 5.74) is 2.85. The summed E-state index contributed by atoms with van der Waals surface area (Å²) in [6.07, 6.45) is 1.72. The molecule has 0 radical (unpaired) electrons. The normalized spacial score (nSPS) is 12.0. The highest BCUT2D eigenvalue weighted by Gasteiger charge is 2.30. The lowest BCUT2D eigenvalue weighted by Gasteiger charge is -2.32. The number of carbonyl (C=O) groups excluding carboxylic acids is 2. The van der Waals surface area contributed by atoms with Crippen molar-refractivity contribution in [1.82, 2.24) is 10.2 Å². The second kappa shape index (κ2) is 14.5. The van der Waals surface area contributed by atoms with E-state index >= 15 is 0 Å². The first-order valence-electron chi connectivity index (χ1n) is 13.1. The molecule has 0 aliphatic heterocycles. The summed E-state index contributed by atoms with van der Waals surface area (Å²) in [4.78, 5) is 28.7. The van der Waals surface area contributed by atoms with Gasteiger partial charge in [-0.25, -0.2) is 8.42 Å². The van der Waals surface area contributed by atoms with Gasteiger partial charge < -0.3 is 10.2 Å². The van der Waals surface area contributed by atoms with Gasteiger partial charge in [-0.3, -0.25) is 13.9 Å². The van der Waals surface area contributed by atoms with Gasteiger partial charge in [0.05, 0.1) is 11.9 Å². The molecule has 1 N–H and O–H groups in total. The first-order valence-corrected chi connectivity index (χ1v) is 15.7. The van der Waals surface area contributed by atoms with E-state index in [4.69, 9.17) is 23.2 Å². The van der Waals surface area contributed by atoms with Gasteiger partial charge >= 0.3 is 0 Å². The first kappa shape index (κ1) is 31.5. The number of halogens is 2. The molecule has 3 aromatic carbocycles. The average molecular weight is 605 g/mol. The van der Waals surface area contributed by atoms with E-state index in [1.807, 2.05) is 49.4 Å². The Morgan fingerprint density at radius 3 is 2.30 bits per heavy atom. The van der Waals surface area contributed by atoms with Crippen LogP contribution in [0.15, 0.2) is 72.8 Å². The molecule has 0 saturated heterocycles. The van der Waals surface area contributed by atoms with Crippen LogP contribution >= 0.6 is 23.2 Å². The van der Waals surface area contributed by atoms with Crippen LogP contribution in [0, 0.1) is 6.92 Å². The smallest absolute Gasteiger partial charge is 0.243 e. The highest BCUT2D eigenvalue weighted by atomic mass is 35.5. The monoisotopic (exact) mass is 603 g/mol. The first-order chi connectivity index (χ1) is 19.0. The number of carbonyl (C=O) groups is 2. The molecule has 3 rings (SSSR count). The number of hydrogen-bond donors (Lipinski definition) is 1. The van der Waals surface area contributed by atoms with E-state index < -0.39 is 16.1 Å². The molecule has 214 valence electrons. The zero-order valence-corrected chi connectivity index (χ0v) is 25.3. The summed E-state index contributed by atoms with van der Waals surface area (Å²) >= 11 is 12.6. The Morgan fingerprint density at radius 2 is 1.65 bits per heavy atom. The van der Waals surface area contributed by atoms with Gasteiger partial charge in [-0.05, 0) is 55.2 Å². The summed E-state index contributed by atoms with van der Waals surface area (Å²) in [7, 11) is -3.64. The molecular formula is C30H35Cl2N3O4S. The van der Waals surface area contributed by atoms with E-state index in [0.717, 1.165) is 17.4 Å². The number of rotatable bonds is 13. The molecule has 0 fully saturated rings. The third-order valence-corrected chi connectivity index (χ3v) is 8.30. The molecule has 10 heteroatoms. The summed E-state index contributed by atoms with van der Waals surface area (Å²) in [6.45, 7) is 4.27. The minimum Gasteiger partial charge on any atom is -0.355 e. The number of hydrogen-bond acceptors (Lipinski definition) is 4. The Morgan fingerprint density at radius 1 is 0.975 bits per heavy atom. The summed E-state index contributed by atoms with van der Waals surface area (Å²) < 4.78 is 26.6. The van der Waals surface area contributed by atoms with Crippen molar-refractivity contribution in [3.8, 4) is 0 Å². The molecular weight excluding hydrogens is 569 g/mol. The van der Waals surface area contributed by atoms with Gasteiger partial charge in [0.15, 0.2) is 0 Å². The van der Waals surface area contributed by atoms with Crippen molar-refractivity contribution >= 4 is 50.7 Å². The Kier molecular flexibility index (Phi) is 11.4. The zero-order chi connectivity index (χ0) is 29.3. The molecule has 0 bridgehead atoms. The van der Waals surface area contributed by atoms with Gasteiger partial charge in [0, 0.05) is 42.5 Å². The lowest BCUT2D eigenvalue weighted by Crippen LogP contribution is -2.50. The number of aryl methyl sites for hydroxylation is 1. The number of likely N-dealkylation sites (N-methyl/N-ethyl adjacent to an activating group) is 1. The van der Waals surface area contributed by atoms with Crippen molar-refractivity contribution in [3.05, 3.63) is 99.5 Å². The number of benzene rings is 3. The minimum atomic E-state index is -3.64. The van der Waals surface area contributed by atoms with Crippen molar-refractivity contribution in [3.63, 3.8) is 0 Å². The number of anilines is 1. The van der Waals surface area contributed by atoms with Gasteiger partial charge in [-0.1, -0.05) is 77.8 Å². The fourth-order valence-corrected chi connectivity index (χ4v) is 5.87. The SMILES string of the molecule is CCNC(=O)C(Cc1ccccc1)N(Cc1ccccc1Cl)C(=O)CCCN(c1cc(Cl)ccc1C)S(C)(=O)=O. The third-order valence-electron chi connectivity index (χ3n) is 6.51. The van der Waals surface area contributed by atoms with E-state index in [1.165, 1.54) is 4.31 Å². The van der Waals surface area contributed by atoms with E-state index in [0.29, 0.717) is 34.3 Å². The lowest BCUT2D eigenvalue weighted by molar-refractivity contribution is -0.141. The Balaban J connectivity index is 1.89. The lowest BCUT2D eigenvalue weighted by atomic mass is 10.0. The van der Waals surface area contributed by atoms with Crippen LogP contribution in [-0.4, -0.2) is 50.5 Å².